The maximum Gasteiger partial charge on any atom is 0.254 e. The smallest absolute Gasteiger partial charge is 0.254 e. The van der Waals surface area contributed by atoms with Crippen LogP contribution in [0.15, 0.2) is 18.2 Å². The molecule has 0 atom stereocenters. The van der Waals surface area contributed by atoms with Crippen LogP contribution >= 0.6 is 11.6 Å². The van der Waals surface area contributed by atoms with Gasteiger partial charge in [-0.1, -0.05) is 0 Å². The number of hydrogen-bond acceptors (Lipinski definition) is 1. The highest BCUT2D eigenvalue weighted by Gasteiger charge is 2.43. The van der Waals surface area contributed by atoms with Gasteiger partial charge in [0, 0.05) is 5.88 Å². The van der Waals surface area contributed by atoms with Crippen LogP contribution < -0.4 is 5.32 Å². The van der Waals surface area contributed by atoms with Crippen molar-refractivity contribution >= 4 is 17.5 Å². The quantitative estimate of drug-likeness (QED) is 0.815. The largest absolute Gasteiger partial charge is 0.345 e. The number of benzene rings is 1. The highest BCUT2D eigenvalue weighted by molar-refractivity contribution is 6.19. The van der Waals surface area contributed by atoms with E-state index in [0.29, 0.717) is 0 Å². The number of hydrogen-bond donors (Lipinski definition) is 1. The lowest BCUT2D eigenvalue weighted by Gasteiger charge is -2.14. The Morgan fingerprint density at radius 1 is 1.44 bits per heavy atom. The molecular weight excluding hydrogens is 236 g/mol. The number of carbonyl (C=O) groups is 1. The van der Waals surface area contributed by atoms with E-state index in [-0.39, 0.29) is 11.4 Å². The van der Waals surface area contributed by atoms with Gasteiger partial charge in [-0.2, -0.15) is 0 Å². The first-order valence-corrected chi connectivity index (χ1v) is 5.43. The summed E-state index contributed by atoms with van der Waals surface area (Å²) in [5.74, 6) is -1.70. The molecule has 0 aliphatic heterocycles. The molecule has 0 bridgehead atoms. The summed E-state index contributed by atoms with van der Waals surface area (Å²) < 4.78 is 26.1. The van der Waals surface area contributed by atoms with Gasteiger partial charge in [-0.3, -0.25) is 4.79 Å². The second-order valence-electron chi connectivity index (χ2n) is 3.99. The van der Waals surface area contributed by atoms with Crippen molar-refractivity contribution in [1.82, 2.24) is 5.32 Å². The van der Waals surface area contributed by atoms with Crippen molar-refractivity contribution in [3.8, 4) is 0 Å². The predicted octanol–water partition coefficient (Wildman–Crippen LogP) is 2.47. The third-order valence-electron chi connectivity index (χ3n) is 2.66. The monoisotopic (exact) mass is 245 g/mol. The van der Waals surface area contributed by atoms with Crippen LogP contribution in [0.5, 0.6) is 0 Å². The third kappa shape index (κ3) is 2.16. The summed E-state index contributed by atoms with van der Waals surface area (Å²) in [6.07, 6.45) is 1.55. The highest BCUT2D eigenvalue weighted by Crippen LogP contribution is 2.36. The van der Waals surface area contributed by atoms with Crippen LogP contribution in [0.3, 0.4) is 0 Å². The summed E-state index contributed by atoms with van der Waals surface area (Å²) in [5.41, 5.74) is -0.700. The highest BCUT2D eigenvalue weighted by atomic mass is 35.5. The van der Waals surface area contributed by atoms with Gasteiger partial charge in [0.1, 0.15) is 11.6 Å². The maximum absolute atomic E-state index is 13.3. The Hall–Kier alpha value is -1.16. The molecule has 0 aromatic heterocycles. The van der Waals surface area contributed by atoms with Crippen molar-refractivity contribution in [3.05, 3.63) is 35.4 Å². The predicted molar refractivity (Wildman–Crippen MR) is 56.5 cm³/mol. The molecule has 1 aromatic carbocycles. The van der Waals surface area contributed by atoms with E-state index in [2.05, 4.69) is 5.32 Å². The molecule has 0 heterocycles. The zero-order valence-corrected chi connectivity index (χ0v) is 9.15. The first kappa shape index (κ1) is 11.3. The fourth-order valence-electron chi connectivity index (χ4n) is 1.42. The van der Waals surface area contributed by atoms with E-state index in [9.17, 15) is 13.6 Å². The molecule has 5 heteroatoms. The average molecular weight is 246 g/mol. The summed E-state index contributed by atoms with van der Waals surface area (Å²) in [7, 11) is 0. The average Bonchev–Trinajstić information content (AvgIpc) is 3.02. The minimum absolute atomic E-state index is 0.281. The Morgan fingerprint density at radius 3 is 2.69 bits per heavy atom. The normalized spacial score (nSPS) is 16.9. The summed E-state index contributed by atoms with van der Waals surface area (Å²) in [6, 6.07) is 2.79. The van der Waals surface area contributed by atoms with Crippen molar-refractivity contribution < 1.29 is 13.6 Å². The molecule has 2 nitrogen and oxygen atoms in total. The van der Waals surface area contributed by atoms with E-state index in [1.54, 1.807) is 0 Å². The topological polar surface area (TPSA) is 29.1 Å². The number of amides is 1. The van der Waals surface area contributed by atoms with Gasteiger partial charge in [0.15, 0.2) is 0 Å². The molecule has 1 aliphatic rings. The van der Waals surface area contributed by atoms with Crippen LogP contribution in [0.4, 0.5) is 8.78 Å². The van der Waals surface area contributed by atoms with Gasteiger partial charge in [-0.05, 0) is 31.0 Å². The Morgan fingerprint density at radius 2 is 2.12 bits per heavy atom. The number of rotatable bonds is 3. The molecule has 1 N–H and O–H groups in total. The molecule has 16 heavy (non-hydrogen) atoms. The van der Waals surface area contributed by atoms with Crippen LogP contribution in [-0.4, -0.2) is 17.3 Å². The first-order chi connectivity index (χ1) is 7.56. The van der Waals surface area contributed by atoms with Crippen LogP contribution in [0.2, 0.25) is 0 Å². The Bertz CT molecular complexity index is 432. The molecule has 1 aliphatic carbocycles. The Labute approximate surface area is 96.6 Å². The van der Waals surface area contributed by atoms with Crippen LogP contribution in [0.1, 0.15) is 23.2 Å². The lowest BCUT2D eigenvalue weighted by atomic mass is 10.1. The number of alkyl halides is 1. The van der Waals surface area contributed by atoms with E-state index in [4.69, 9.17) is 11.6 Å². The maximum atomic E-state index is 13.3. The van der Waals surface area contributed by atoms with Gasteiger partial charge >= 0.3 is 0 Å². The second-order valence-corrected chi connectivity index (χ2v) is 4.26. The van der Waals surface area contributed by atoms with Gasteiger partial charge in [0.2, 0.25) is 0 Å². The van der Waals surface area contributed by atoms with Crippen molar-refractivity contribution in [2.45, 2.75) is 18.4 Å². The number of halogens is 3. The van der Waals surface area contributed by atoms with Gasteiger partial charge in [0.25, 0.3) is 5.91 Å². The molecule has 1 amide bonds. The zero-order valence-electron chi connectivity index (χ0n) is 8.40. The Balaban J connectivity index is 2.17. The van der Waals surface area contributed by atoms with Gasteiger partial charge in [-0.25, -0.2) is 8.78 Å². The van der Waals surface area contributed by atoms with E-state index < -0.39 is 23.1 Å². The van der Waals surface area contributed by atoms with E-state index >= 15 is 0 Å². The Kier molecular flexibility index (Phi) is 2.84. The standard InChI is InChI=1S/C11H10ClF2NO/c12-6-11(3-4-11)15-10(16)8-5-7(13)1-2-9(8)14/h1-2,5H,3-4,6H2,(H,15,16). The SMILES string of the molecule is O=C(NC1(CCl)CC1)c1cc(F)ccc1F. The van der Waals surface area contributed by atoms with Gasteiger partial charge < -0.3 is 5.32 Å². The second kappa shape index (κ2) is 4.01. The number of carbonyl (C=O) groups excluding carboxylic acids is 1. The molecular formula is C11H10ClF2NO. The fourth-order valence-corrected chi connectivity index (χ4v) is 1.76. The first-order valence-electron chi connectivity index (χ1n) is 4.90. The minimum atomic E-state index is -0.732. The lowest BCUT2D eigenvalue weighted by molar-refractivity contribution is 0.0931. The summed E-state index contributed by atoms with van der Waals surface area (Å²) in [6.45, 7) is 0. The summed E-state index contributed by atoms with van der Waals surface area (Å²) in [5, 5.41) is 2.62. The fraction of sp³-hybridized carbons (Fsp3) is 0.364. The molecule has 0 radical (unpaired) electrons. The molecule has 0 spiro atoms. The molecule has 0 saturated heterocycles. The molecule has 2 rings (SSSR count). The van der Waals surface area contributed by atoms with Crippen molar-refractivity contribution in [3.63, 3.8) is 0 Å². The molecule has 1 saturated carbocycles. The van der Waals surface area contributed by atoms with Crippen LogP contribution in [0.25, 0.3) is 0 Å². The van der Waals surface area contributed by atoms with Crippen LogP contribution in [-0.2, 0) is 0 Å². The van der Waals surface area contributed by atoms with Crippen LogP contribution in [0, 0.1) is 11.6 Å². The zero-order chi connectivity index (χ0) is 11.8. The van der Waals surface area contributed by atoms with Crippen molar-refractivity contribution in [2.24, 2.45) is 0 Å². The van der Waals surface area contributed by atoms with E-state index in [0.717, 1.165) is 31.0 Å². The van der Waals surface area contributed by atoms with Gasteiger partial charge in [-0.15, -0.1) is 11.6 Å². The van der Waals surface area contributed by atoms with E-state index in [1.165, 1.54) is 0 Å². The molecule has 86 valence electrons. The lowest BCUT2D eigenvalue weighted by Crippen LogP contribution is -2.38. The number of nitrogens with one attached hydrogen (secondary N) is 1. The third-order valence-corrected chi connectivity index (χ3v) is 3.17. The van der Waals surface area contributed by atoms with Gasteiger partial charge in [0.05, 0.1) is 11.1 Å². The molecule has 0 unspecified atom stereocenters. The van der Waals surface area contributed by atoms with Crippen molar-refractivity contribution in [1.29, 1.82) is 0 Å². The summed E-state index contributed by atoms with van der Waals surface area (Å²) >= 11 is 5.68. The van der Waals surface area contributed by atoms with Crippen molar-refractivity contribution in [2.75, 3.05) is 5.88 Å². The minimum Gasteiger partial charge on any atom is -0.345 e. The molecule has 1 fully saturated rings. The molecule has 1 aromatic rings. The van der Waals surface area contributed by atoms with E-state index in [1.807, 2.05) is 0 Å². The summed E-state index contributed by atoms with van der Waals surface area (Å²) in [4.78, 5) is 11.7.